The molecule has 2 aromatic rings. The monoisotopic (exact) mass is 287 g/mol. The summed E-state index contributed by atoms with van der Waals surface area (Å²) in [4.78, 5) is 0. The van der Waals surface area contributed by atoms with Crippen molar-refractivity contribution in [3.8, 4) is 6.07 Å². The Kier molecular flexibility index (Phi) is 3.77. The Labute approximate surface area is 121 Å². The lowest BCUT2D eigenvalue weighted by atomic mass is 10.2. The molecule has 0 atom stereocenters. The minimum Gasteiger partial charge on any atom is -0.459 e. The van der Waals surface area contributed by atoms with Gasteiger partial charge in [-0.15, -0.1) is 0 Å². The molecule has 4 heteroatoms. The summed E-state index contributed by atoms with van der Waals surface area (Å²) in [6, 6.07) is 9.55. The van der Waals surface area contributed by atoms with Crippen LogP contribution in [-0.2, 0) is 11.0 Å². The molecule has 0 radical (unpaired) electrons. The molecule has 0 saturated heterocycles. The van der Waals surface area contributed by atoms with Crippen LogP contribution in [0, 0.1) is 11.3 Å². The number of rotatable bonds is 3. The summed E-state index contributed by atoms with van der Waals surface area (Å²) in [7, 11) is -1.77. The lowest BCUT2D eigenvalue weighted by Gasteiger charge is -2.35. The van der Waals surface area contributed by atoms with Crippen molar-refractivity contribution >= 4 is 19.3 Å². The molecule has 2 rings (SSSR count). The number of hydrogen-bond donors (Lipinski definition) is 0. The minimum atomic E-state index is -1.77. The third kappa shape index (κ3) is 2.95. The third-order valence-electron chi connectivity index (χ3n) is 4.08. The van der Waals surface area contributed by atoms with Gasteiger partial charge in [-0.3, -0.25) is 0 Å². The first-order chi connectivity index (χ1) is 9.23. The van der Waals surface area contributed by atoms with Gasteiger partial charge in [0.25, 0.3) is 0 Å². The molecular formula is C16H21NO2Si. The van der Waals surface area contributed by atoms with E-state index in [2.05, 4.69) is 39.9 Å². The molecule has 0 saturated carbocycles. The molecule has 0 aliphatic rings. The Bertz CT molecular complexity index is 659. The van der Waals surface area contributed by atoms with Crippen molar-refractivity contribution in [2.75, 3.05) is 0 Å². The van der Waals surface area contributed by atoms with Crippen LogP contribution >= 0.6 is 0 Å². The predicted molar refractivity (Wildman–Crippen MR) is 82.9 cm³/mol. The maximum absolute atomic E-state index is 8.90. The van der Waals surface area contributed by atoms with E-state index in [0.717, 1.165) is 16.7 Å². The quantitative estimate of drug-likeness (QED) is 0.760. The van der Waals surface area contributed by atoms with Crippen LogP contribution in [0.5, 0.6) is 0 Å². The fourth-order valence-electron chi connectivity index (χ4n) is 1.71. The molecule has 0 bridgehead atoms. The van der Waals surface area contributed by atoms with Gasteiger partial charge in [-0.25, -0.2) is 0 Å². The van der Waals surface area contributed by atoms with Gasteiger partial charge in [0.2, 0.25) is 0 Å². The van der Waals surface area contributed by atoms with Gasteiger partial charge in [-0.2, -0.15) is 5.26 Å². The summed E-state index contributed by atoms with van der Waals surface area (Å²) in [5, 5.41) is 10.0. The lowest BCUT2D eigenvalue weighted by molar-refractivity contribution is 0.249. The summed E-state index contributed by atoms with van der Waals surface area (Å²) >= 11 is 0. The second-order valence-electron chi connectivity index (χ2n) is 6.63. The number of furan rings is 1. The zero-order valence-electron chi connectivity index (χ0n) is 12.8. The average Bonchev–Trinajstić information content (AvgIpc) is 2.76. The van der Waals surface area contributed by atoms with E-state index in [1.807, 2.05) is 18.2 Å². The van der Waals surface area contributed by atoms with E-state index < -0.39 is 8.32 Å². The Morgan fingerprint density at radius 1 is 1.25 bits per heavy atom. The first-order valence-corrected chi connectivity index (χ1v) is 9.70. The fourth-order valence-corrected chi connectivity index (χ4v) is 2.64. The van der Waals surface area contributed by atoms with Gasteiger partial charge in [0, 0.05) is 5.39 Å². The van der Waals surface area contributed by atoms with E-state index in [0.29, 0.717) is 12.2 Å². The van der Waals surface area contributed by atoms with E-state index in [1.165, 1.54) is 0 Å². The average molecular weight is 287 g/mol. The van der Waals surface area contributed by atoms with Crippen molar-refractivity contribution < 1.29 is 8.84 Å². The zero-order valence-corrected chi connectivity index (χ0v) is 13.8. The van der Waals surface area contributed by atoms with Gasteiger partial charge in [-0.1, -0.05) is 20.8 Å². The zero-order chi connectivity index (χ0) is 15.0. The molecule has 0 aliphatic heterocycles. The van der Waals surface area contributed by atoms with E-state index in [9.17, 15) is 0 Å². The number of nitriles is 1. The van der Waals surface area contributed by atoms with Gasteiger partial charge in [0.15, 0.2) is 8.32 Å². The number of nitrogens with zero attached hydrogens (tertiary/aromatic N) is 1. The molecule has 1 aromatic heterocycles. The first-order valence-electron chi connectivity index (χ1n) is 6.79. The number of benzene rings is 1. The normalized spacial score (nSPS) is 12.6. The van der Waals surface area contributed by atoms with Crippen LogP contribution in [0.1, 0.15) is 32.1 Å². The molecule has 1 aromatic carbocycles. The Balaban J connectivity index is 2.17. The third-order valence-corrected chi connectivity index (χ3v) is 8.56. The van der Waals surface area contributed by atoms with Crippen molar-refractivity contribution in [2.45, 2.75) is 45.5 Å². The Morgan fingerprint density at radius 3 is 2.55 bits per heavy atom. The van der Waals surface area contributed by atoms with Crippen molar-refractivity contribution in [1.82, 2.24) is 0 Å². The van der Waals surface area contributed by atoms with E-state index in [1.54, 1.807) is 6.07 Å². The van der Waals surface area contributed by atoms with Crippen molar-refractivity contribution in [2.24, 2.45) is 0 Å². The first kappa shape index (κ1) is 14.8. The van der Waals surface area contributed by atoms with E-state index in [-0.39, 0.29) is 5.04 Å². The Hall–Kier alpha value is -1.57. The van der Waals surface area contributed by atoms with Crippen LogP contribution < -0.4 is 0 Å². The standard InChI is InChI=1S/C16H21NO2Si/c1-16(2,3)20(4,5)18-11-14-9-13-8-12(10-17)6-7-15(13)19-14/h6-9H,11H2,1-5H3. The molecule has 106 valence electrons. The van der Waals surface area contributed by atoms with E-state index in [4.69, 9.17) is 14.1 Å². The van der Waals surface area contributed by atoms with Crippen molar-refractivity contribution in [3.05, 3.63) is 35.6 Å². The summed E-state index contributed by atoms with van der Waals surface area (Å²) < 4.78 is 11.9. The van der Waals surface area contributed by atoms with Crippen molar-refractivity contribution in [1.29, 1.82) is 5.26 Å². The van der Waals surface area contributed by atoms with Crippen LogP contribution in [0.15, 0.2) is 28.7 Å². The molecule has 0 N–H and O–H groups in total. The van der Waals surface area contributed by atoms with Crippen LogP contribution in [-0.4, -0.2) is 8.32 Å². The summed E-state index contributed by atoms with van der Waals surface area (Å²) in [5.41, 5.74) is 1.45. The second kappa shape index (κ2) is 5.08. The van der Waals surface area contributed by atoms with Gasteiger partial charge < -0.3 is 8.84 Å². The molecule has 0 aliphatic carbocycles. The Morgan fingerprint density at radius 2 is 1.95 bits per heavy atom. The summed E-state index contributed by atoms with van der Waals surface area (Å²) in [6.45, 7) is 11.6. The van der Waals surface area contributed by atoms with Crippen LogP contribution in [0.2, 0.25) is 18.1 Å². The van der Waals surface area contributed by atoms with E-state index >= 15 is 0 Å². The maximum atomic E-state index is 8.90. The molecule has 1 heterocycles. The molecule has 0 amide bonds. The smallest absolute Gasteiger partial charge is 0.192 e. The van der Waals surface area contributed by atoms with Gasteiger partial charge >= 0.3 is 0 Å². The van der Waals surface area contributed by atoms with Gasteiger partial charge in [0.1, 0.15) is 11.3 Å². The molecule has 20 heavy (non-hydrogen) atoms. The fraction of sp³-hybridized carbons (Fsp3) is 0.438. The van der Waals surface area contributed by atoms with Gasteiger partial charge in [-0.05, 0) is 42.4 Å². The molecule has 0 fully saturated rings. The SMILES string of the molecule is CC(C)(C)[Si](C)(C)OCc1cc2cc(C#N)ccc2o1. The van der Waals surface area contributed by atoms with Crippen molar-refractivity contribution in [3.63, 3.8) is 0 Å². The van der Waals surface area contributed by atoms with Crippen LogP contribution in [0.4, 0.5) is 0 Å². The van der Waals surface area contributed by atoms with Crippen LogP contribution in [0.3, 0.4) is 0 Å². The molecular weight excluding hydrogens is 266 g/mol. The maximum Gasteiger partial charge on any atom is 0.192 e. The molecule has 3 nitrogen and oxygen atoms in total. The lowest BCUT2D eigenvalue weighted by Crippen LogP contribution is -2.40. The highest BCUT2D eigenvalue weighted by Gasteiger charge is 2.37. The van der Waals surface area contributed by atoms with Gasteiger partial charge in [0.05, 0.1) is 18.2 Å². The summed E-state index contributed by atoms with van der Waals surface area (Å²) in [6.07, 6.45) is 0. The number of hydrogen-bond acceptors (Lipinski definition) is 3. The highest BCUT2D eigenvalue weighted by molar-refractivity contribution is 6.74. The highest BCUT2D eigenvalue weighted by atomic mass is 28.4. The predicted octanol–water partition coefficient (Wildman–Crippen LogP) is 4.83. The van der Waals surface area contributed by atoms with Crippen LogP contribution in [0.25, 0.3) is 11.0 Å². The largest absolute Gasteiger partial charge is 0.459 e. The summed E-state index contributed by atoms with van der Waals surface area (Å²) in [5.74, 6) is 0.819. The molecule has 0 spiro atoms. The number of fused-ring (bicyclic) bond motifs is 1. The molecule has 0 unspecified atom stereocenters. The minimum absolute atomic E-state index is 0.187. The highest BCUT2D eigenvalue weighted by Crippen LogP contribution is 2.37. The second-order valence-corrected chi connectivity index (χ2v) is 11.4. The topological polar surface area (TPSA) is 46.2 Å².